The fourth-order valence-electron chi connectivity index (χ4n) is 1.26. The molecule has 0 bridgehead atoms. The Balaban J connectivity index is 2.71. The van der Waals surface area contributed by atoms with Gasteiger partial charge in [-0.1, -0.05) is 29.4 Å². The van der Waals surface area contributed by atoms with Gasteiger partial charge in [-0.05, 0) is 18.6 Å². The van der Waals surface area contributed by atoms with Crippen LogP contribution in [0.25, 0.3) is 0 Å². The fraction of sp³-hybridized carbons (Fsp3) is 0.250. The first-order valence-corrected chi connectivity index (χ1v) is 5.10. The van der Waals surface area contributed by atoms with Gasteiger partial charge in [0.1, 0.15) is 0 Å². The normalized spacial score (nSPS) is 13.4. The maximum atomic E-state index is 8.57. The third-order valence-electron chi connectivity index (χ3n) is 2.31. The van der Waals surface area contributed by atoms with Crippen LogP contribution < -0.4 is 11.1 Å². The zero-order valence-corrected chi connectivity index (χ0v) is 9.35. The van der Waals surface area contributed by atoms with Crippen molar-refractivity contribution in [2.24, 2.45) is 10.9 Å². The van der Waals surface area contributed by atoms with Crippen molar-refractivity contribution in [3.63, 3.8) is 0 Å². The summed E-state index contributed by atoms with van der Waals surface area (Å²) in [5.74, 6) is 0.124. The SMILES string of the molecule is C=CC(C)NCc1cccc(/C(N)=N/O)c1. The van der Waals surface area contributed by atoms with Crippen LogP contribution in [-0.4, -0.2) is 17.1 Å². The average molecular weight is 219 g/mol. The van der Waals surface area contributed by atoms with E-state index in [0.29, 0.717) is 5.56 Å². The van der Waals surface area contributed by atoms with E-state index in [1.54, 1.807) is 6.07 Å². The van der Waals surface area contributed by atoms with Crippen LogP contribution in [0.4, 0.5) is 0 Å². The van der Waals surface area contributed by atoms with Crippen LogP contribution in [0.5, 0.6) is 0 Å². The second-order valence-corrected chi connectivity index (χ2v) is 3.59. The van der Waals surface area contributed by atoms with Crippen molar-refractivity contribution in [3.8, 4) is 0 Å². The summed E-state index contributed by atoms with van der Waals surface area (Å²) in [4.78, 5) is 0. The number of benzene rings is 1. The number of hydrogen-bond acceptors (Lipinski definition) is 3. The minimum atomic E-state index is 0.124. The van der Waals surface area contributed by atoms with Crippen LogP contribution in [0, 0.1) is 0 Å². The molecule has 0 saturated carbocycles. The Bertz CT molecular complexity index is 388. The molecule has 0 aliphatic heterocycles. The molecule has 1 aromatic rings. The molecule has 0 fully saturated rings. The number of nitrogens with one attached hydrogen (secondary N) is 1. The molecule has 0 spiro atoms. The highest BCUT2D eigenvalue weighted by Crippen LogP contribution is 2.05. The second kappa shape index (κ2) is 5.92. The summed E-state index contributed by atoms with van der Waals surface area (Å²) in [6, 6.07) is 7.81. The molecule has 0 saturated heterocycles. The van der Waals surface area contributed by atoms with Crippen LogP contribution >= 0.6 is 0 Å². The van der Waals surface area contributed by atoms with E-state index in [1.165, 1.54) is 0 Å². The van der Waals surface area contributed by atoms with E-state index in [0.717, 1.165) is 12.1 Å². The molecular weight excluding hydrogens is 202 g/mol. The lowest BCUT2D eigenvalue weighted by Crippen LogP contribution is -2.23. The van der Waals surface area contributed by atoms with Gasteiger partial charge in [-0.15, -0.1) is 6.58 Å². The van der Waals surface area contributed by atoms with Gasteiger partial charge < -0.3 is 16.3 Å². The van der Waals surface area contributed by atoms with Crippen molar-refractivity contribution in [2.75, 3.05) is 0 Å². The Morgan fingerprint density at radius 3 is 3.06 bits per heavy atom. The van der Waals surface area contributed by atoms with Gasteiger partial charge in [-0.3, -0.25) is 0 Å². The molecule has 0 heterocycles. The monoisotopic (exact) mass is 219 g/mol. The Morgan fingerprint density at radius 1 is 1.69 bits per heavy atom. The van der Waals surface area contributed by atoms with Gasteiger partial charge in [0.2, 0.25) is 0 Å². The fourth-order valence-corrected chi connectivity index (χ4v) is 1.26. The van der Waals surface area contributed by atoms with Crippen LogP contribution in [0.3, 0.4) is 0 Å². The molecule has 4 N–H and O–H groups in total. The average Bonchev–Trinajstić information content (AvgIpc) is 2.35. The molecule has 0 amide bonds. The van der Waals surface area contributed by atoms with Crippen molar-refractivity contribution < 1.29 is 5.21 Å². The minimum Gasteiger partial charge on any atom is -0.409 e. The summed E-state index contributed by atoms with van der Waals surface area (Å²) in [7, 11) is 0. The van der Waals surface area contributed by atoms with E-state index in [-0.39, 0.29) is 11.9 Å². The molecule has 86 valence electrons. The first kappa shape index (κ1) is 12.3. The molecule has 1 rings (SSSR count). The maximum Gasteiger partial charge on any atom is 0.170 e. The highest BCUT2D eigenvalue weighted by atomic mass is 16.4. The van der Waals surface area contributed by atoms with Gasteiger partial charge in [-0.2, -0.15) is 0 Å². The second-order valence-electron chi connectivity index (χ2n) is 3.59. The number of amidine groups is 1. The summed E-state index contributed by atoms with van der Waals surface area (Å²) in [5.41, 5.74) is 7.31. The number of nitrogens with zero attached hydrogens (tertiary/aromatic N) is 1. The number of hydrogen-bond donors (Lipinski definition) is 3. The van der Waals surface area contributed by atoms with E-state index < -0.39 is 0 Å². The molecule has 1 unspecified atom stereocenters. The maximum absolute atomic E-state index is 8.57. The van der Waals surface area contributed by atoms with Gasteiger partial charge in [0, 0.05) is 18.2 Å². The van der Waals surface area contributed by atoms with Crippen molar-refractivity contribution in [3.05, 3.63) is 48.0 Å². The summed E-state index contributed by atoms with van der Waals surface area (Å²) >= 11 is 0. The van der Waals surface area contributed by atoms with E-state index in [1.807, 2.05) is 31.2 Å². The Kier molecular flexibility index (Phi) is 4.54. The van der Waals surface area contributed by atoms with Crippen molar-refractivity contribution in [2.45, 2.75) is 19.5 Å². The molecule has 4 heteroatoms. The van der Waals surface area contributed by atoms with Crippen molar-refractivity contribution >= 4 is 5.84 Å². The molecule has 0 aliphatic carbocycles. The zero-order valence-electron chi connectivity index (χ0n) is 9.35. The third-order valence-corrected chi connectivity index (χ3v) is 2.31. The van der Waals surface area contributed by atoms with Gasteiger partial charge in [0.15, 0.2) is 5.84 Å². The smallest absolute Gasteiger partial charge is 0.170 e. The first-order valence-electron chi connectivity index (χ1n) is 5.10. The van der Waals surface area contributed by atoms with Crippen LogP contribution in [0.15, 0.2) is 42.1 Å². The zero-order chi connectivity index (χ0) is 12.0. The van der Waals surface area contributed by atoms with Crippen LogP contribution in [0.1, 0.15) is 18.1 Å². The topological polar surface area (TPSA) is 70.6 Å². The lowest BCUT2D eigenvalue weighted by molar-refractivity contribution is 0.318. The molecule has 16 heavy (non-hydrogen) atoms. The highest BCUT2D eigenvalue weighted by Gasteiger charge is 2.01. The standard InChI is InChI=1S/C12H17N3O/c1-3-9(2)14-8-10-5-4-6-11(7-10)12(13)15-16/h3-7,9,14,16H,1,8H2,2H3,(H2,13,15). The van der Waals surface area contributed by atoms with Crippen LogP contribution in [0.2, 0.25) is 0 Å². The Labute approximate surface area is 95.5 Å². The molecule has 1 atom stereocenters. The molecule has 4 nitrogen and oxygen atoms in total. The largest absolute Gasteiger partial charge is 0.409 e. The lowest BCUT2D eigenvalue weighted by Gasteiger charge is -2.09. The van der Waals surface area contributed by atoms with E-state index in [4.69, 9.17) is 10.9 Å². The lowest BCUT2D eigenvalue weighted by atomic mass is 10.1. The number of oxime groups is 1. The summed E-state index contributed by atoms with van der Waals surface area (Å²) < 4.78 is 0. The van der Waals surface area contributed by atoms with E-state index in [9.17, 15) is 0 Å². The summed E-state index contributed by atoms with van der Waals surface area (Å²) in [6.07, 6.45) is 1.84. The van der Waals surface area contributed by atoms with Crippen molar-refractivity contribution in [1.29, 1.82) is 0 Å². The van der Waals surface area contributed by atoms with Gasteiger partial charge in [0.05, 0.1) is 0 Å². The number of nitrogens with two attached hydrogens (primary N) is 1. The predicted octanol–water partition coefficient (Wildman–Crippen LogP) is 1.45. The summed E-state index contributed by atoms with van der Waals surface area (Å²) in [6.45, 7) is 6.45. The highest BCUT2D eigenvalue weighted by molar-refractivity contribution is 5.97. The predicted molar refractivity (Wildman–Crippen MR) is 65.5 cm³/mol. The number of rotatable bonds is 5. The Hall–Kier alpha value is -1.81. The molecule has 0 radical (unpaired) electrons. The molecular formula is C12H17N3O. The molecule has 1 aromatic carbocycles. The molecule has 0 aliphatic rings. The molecule has 0 aromatic heterocycles. The Morgan fingerprint density at radius 2 is 2.44 bits per heavy atom. The minimum absolute atomic E-state index is 0.124. The van der Waals surface area contributed by atoms with Gasteiger partial charge in [-0.25, -0.2) is 0 Å². The quantitative estimate of drug-likeness (QED) is 0.231. The van der Waals surface area contributed by atoms with Gasteiger partial charge in [0.25, 0.3) is 0 Å². The first-order chi connectivity index (χ1) is 7.67. The van der Waals surface area contributed by atoms with Crippen LogP contribution in [-0.2, 0) is 6.54 Å². The van der Waals surface area contributed by atoms with Crippen molar-refractivity contribution in [1.82, 2.24) is 5.32 Å². The van der Waals surface area contributed by atoms with Gasteiger partial charge >= 0.3 is 0 Å². The van der Waals surface area contributed by atoms with E-state index >= 15 is 0 Å². The van der Waals surface area contributed by atoms with E-state index in [2.05, 4.69) is 17.1 Å². The third kappa shape index (κ3) is 3.40. The summed E-state index contributed by atoms with van der Waals surface area (Å²) in [5, 5.41) is 14.8.